The molecule has 11 heteroatoms. The molecule has 2 heterocycles. The molecule has 1 amide bonds. The first-order chi connectivity index (χ1) is 17.8. The predicted molar refractivity (Wildman–Crippen MR) is 141 cm³/mol. The SMILES string of the molecule is C=C(CN=O)C(=O)N1CC(Nc2ncnc(N)c2C(=N)c2cc(O)cc(F)c2)Cc2ccccc21.CC. The number of amides is 1. The highest BCUT2D eigenvalue weighted by Gasteiger charge is 2.30. The number of phenols is 1. The summed E-state index contributed by atoms with van der Waals surface area (Å²) >= 11 is 0. The number of aromatic nitrogens is 2. The molecule has 0 fully saturated rings. The van der Waals surface area contributed by atoms with Gasteiger partial charge in [0.15, 0.2) is 0 Å². The van der Waals surface area contributed by atoms with E-state index in [-0.39, 0.29) is 58.9 Å². The number of rotatable bonds is 7. The lowest BCUT2D eigenvalue weighted by molar-refractivity contribution is -0.115. The maximum Gasteiger partial charge on any atom is 0.255 e. The van der Waals surface area contributed by atoms with E-state index in [4.69, 9.17) is 11.1 Å². The highest BCUT2D eigenvalue weighted by atomic mass is 19.1. The van der Waals surface area contributed by atoms with Crippen LogP contribution in [0.5, 0.6) is 5.75 Å². The van der Waals surface area contributed by atoms with Crippen molar-refractivity contribution in [3.63, 3.8) is 0 Å². The number of halogens is 1. The topological polar surface area (TPSA) is 158 Å². The first-order valence-corrected chi connectivity index (χ1v) is 11.6. The summed E-state index contributed by atoms with van der Waals surface area (Å²) in [4.78, 5) is 33.4. The number of aromatic hydroxyl groups is 1. The molecule has 5 N–H and O–H groups in total. The third kappa shape index (κ3) is 5.95. The van der Waals surface area contributed by atoms with Gasteiger partial charge in [-0.1, -0.05) is 43.8 Å². The summed E-state index contributed by atoms with van der Waals surface area (Å²) in [6, 6.07) is 10.3. The van der Waals surface area contributed by atoms with Gasteiger partial charge in [-0.25, -0.2) is 14.4 Å². The fraction of sp³-hybridized carbons (Fsp3) is 0.231. The van der Waals surface area contributed by atoms with E-state index >= 15 is 0 Å². The Morgan fingerprint density at radius 1 is 1.30 bits per heavy atom. The Morgan fingerprint density at radius 3 is 2.73 bits per heavy atom. The first kappa shape index (κ1) is 26.9. The minimum Gasteiger partial charge on any atom is -0.508 e. The lowest BCUT2D eigenvalue weighted by atomic mass is 9.96. The number of anilines is 3. The van der Waals surface area contributed by atoms with Crippen molar-refractivity contribution in [3.8, 4) is 5.75 Å². The molecule has 3 aromatic rings. The Bertz CT molecular complexity index is 1330. The first-order valence-electron chi connectivity index (χ1n) is 11.6. The lowest BCUT2D eigenvalue weighted by Gasteiger charge is -2.35. The number of nitrogen functional groups attached to an aromatic ring is 1. The number of phenolic OH excluding ortho intramolecular Hbond substituents is 1. The molecular formula is C26H28FN7O3. The molecular weight excluding hydrogens is 477 g/mol. The number of fused-ring (bicyclic) bond motifs is 1. The highest BCUT2D eigenvalue weighted by Crippen LogP contribution is 2.31. The molecule has 1 aliphatic rings. The van der Waals surface area contributed by atoms with Gasteiger partial charge in [0.2, 0.25) is 0 Å². The quantitative estimate of drug-likeness (QED) is 0.214. The number of para-hydroxylation sites is 1. The Balaban J connectivity index is 0.00000186. The second-order valence-electron chi connectivity index (χ2n) is 8.04. The van der Waals surface area contributed by atoms with Crippen molar-refractivity contribution in [2.45, 2.75) is 26.3 Å². The number of hydrogen-bond acceptors (Lipinski definition) is 9. The number of nitrogens with zero attached hydrogens (tertiary/aromatic N) is 4. The molecule has 0 saturated heterocycles. The number of carbonyl (C=O) groups excluding carboxylic acids is 1. The number of nitrogens with two attached hydrogens (primary N) is 1. The van der Waals surface area contributed by atoms with Crippen LogP contribution in [0, 0.1) is 16.1 Å². The van der Waals surface area contributed by atoms with Gasteiger partial charge in [-0.15, -0.1) is 0 Å². The Labute approximate surface area is 213 Å². The van der Waals surface area contributed by atoms with Gasteiger partial charge >= 0.3 is 0 Å². The summed E-state index contributed by atoms with van der Waals surface area (Å²) in [7, 11) is 0. The minimum absolute atomic E-state index is 0.00849. The summed E-state index contributed by atoms with van der Waals surface area (Å²) in [5.74, 6) is -1.26. The van der Waals surface area contributed by atoms with Gasteiger partial charge in [-0.3, -0.25) is 10.2 Å². The van der Waals surface area contributed by atoms with Crippen LogP contribution in [-0.4, -0.2) is 45.8 Å². The number of carbonyl (C=O) groups is 1. The number of nitroso groups, excluding NO2 is 1. The van der Waals surface area contributed by atoms with Gasteiger partial charge in [0, 0.05) is 35.5 Å². The summed E-state index contributed by atoms with van der Waals surface area (Å²) in [5.41, 5.74) is 7.74. The van der Waals surface area contributed by atoms with Crippen LogP contribution < -0.4 is 16.0 Å². The van der Waals surface area contributed by atoms with Crippen molar-refractivity contribution in [1.82, 2.24) is 9.97 Å². The molecule has 0 spiro atoms. The molecule has 1 aromatic heterocycles. The average molecular weight is 506 g/mol. The molecule has 1 aliphatic heterocycles. The van der Waals surface area contributed by atoms with Gasteiger partial charge < -0.3 is 21.1 Å². The van der Waals surface area contributed by atoms with E-state index in [1.807, 2.05) is 38.1 Å². The zero-order chi connectivity index (χ0) is 27.1. The van der Waals surface area contributed by atoms with Crippen molar-refractivity contribution in [1.29, 1.82) is 5.41 Å². The molecule has 0 aliphatic carbocycles. The largest absolute Gasteiger partial charge is 0.508 e. The van der Waals surface area contributed by atoms with Crippen molar-refractivity contribution in [2.75, 3.05) is 29.0 Å². The molecule has 4 rings (SSSR count). The van der Waals surface area contributed by atoms with Gasteiger partial charge in [-0.2, -0.15) is 4.91 Å². The van der Waals surface area contributed by atoms with Crippen LogP contribution in [-0.2, 0) is 11.2 Å². The van der Waals surface area contributed by atoms with Crippen LogP contribution in [0.1, 0.15) is 30.5 Å². The minimum atomic E-state index is -0.710. The van der Waals surface area contributed by atoms with E-state index in [0.29, 0.717) is 12.1 Å². The van der Waals surface area contributed by atoms with Crippen molar-refractivity contribution in [2.24, 2.45) is 5.18 Å². The van der Waals surface area contributed by atoms with Crippen molar-refractivity contribution >= 4 is 28.9 Å². The normalized spacial score (nSPS) is 14.0. The van der Waals surface area contributed by atoms with E-state index in [1.54, 1.807) is 0 Å². The third-order valence-corrected chi connectivity index (χ3v) is 5.59. The Morgan fingerprint density at radius 2 is 2.03 bits per heavy atom. The maximum absolute atomic E-state index is 13.9. The summed E-state index contributed by atoms with van der Waals surface area (Å²) < 4.78 is 13.9. The molecule has 0 bridgehead atoms. The summed E-state index contributed by atoms with van der Waals surface area (Å²) in [5, 5.41) is 24.4. The van der Waals surface area contributed by atoms with E-state index in [2.05, 4.69) is 27.0 Å². The second kappa shape index (κ2) is 11.8. The molecule has 37 heavy (non-hydrogen) atoms. The maximum atomic E-state index is 13.9. The zero-order valence-electron chi connectivity index (χ0n) is 20.5. The van der Waals surface area contributed by atoms with Gasteiger partial charge in [0.25, 0.3) is 5.91 Å². The van der Waals surface area contributed by atoms with Crippen molar-refractivity contribution in [3.05, 3.63) is 88.4 Å². The average Bonchev–Trinajstić information content (AvgIpc) is 2.88. The predicted octanol–water partition coefficient (Wildman–Crippen LogP) is 4.04. The molecule has 0 radical (unpaired) electrons. The zero-order valence-corrected chi connectivity index (χ0v) is 20.5. The monoisotopic (exact) mass is 505 g/mol. The standard InChI is InChI=1S/C24H22FN7O3.C2H6/c1-13(10-30-35)24(34)32-11-17(7-14-4-2-3-5-19(14)32)31-23-20(22(27)28-12-29-23)21(26)15-6-16(25)9-18(33)8-15;1-2/h2-6,8-9,12,17,26,33H,1,7,10-11H2,(H3,27,28,29,31);1-2H3. The summed E-state index contributed by atoms with van der Waals surface area (Å²) in [6.07, 6.45) is 1.75. The van der Waals surface area contributed by atoms with Gasteiger partial charge in [0.1, 0.15) is 36.1 Å². The molecule has 2 aromatic carbocycles. The molecule has 0 saturated carbocycles. The van der Waals surface area contributed by atoms with Crippen LogP contribution in [0.15, 0.2) is 66.1 Å². The highest BCUT2D eigenvalue weighted by molar-refractivity contribution is 6.16. The second-order valence-corrected chi connectivity index (χ2v) is 8.04. The number of hydrogen-bond donors (Lipinski definition) is 4. The number of nitrogens with one attached hydrogen (secondary N) is 2. The molecule has 10 nitrogen and oxygen atoms in total. The fourth-order valence-electron chi connectivity index (χ4n) is 4.03. The van der Waals surface area contributed by atoms with Crippen LogP contribution >= 0.6 is 0 Å². The Hall–Kier alpha value is -4.67. The van der Waals surface area contributed by atoms with E-state index in [9.17, 15) is 19.2 Å². The fourth-order valence-corrected chi connectivity index (χ4v) is 4.03. The van der Waals surface area contributed by atoms with E-state index < -0.39 is 11.7 Å². The molecule has 192 valence electrons. The summed E-state index contributed by atoms with van der Waals surface area (Å²) in [6.45, 7) is 7.57. The van der Waals surface area contributed by atoms with E-state index in [1.165, 1.54) is 17.3 Å². The van der Waals surface area contributed by atoms with Crippen LogP contribution in [0.2, 0.25) is 0 Å². The lowest BCUT2D eigenvalue weighted by Crippen LogP contribution is -2.46. The van der Waals surface area contributed by atoms with Crippen LogP contribution in [0.3, 0.4) is 0 Å². The smallest absolute Gasteiger partial charge is 0.255 e. The molecule has 1 atom stereocenters. The van der Waals surface area contributed by atoms with Gasteiger partial charge in [0.05, 0.1) is 11.3 Å². The Kier molecular flexibility index (Phi) is 8.62. The van der Waals surface area contributed by atoms with E-state index in [0.717, 1.165) is 17.7 Å². The van der Waals surface area contributed by atoms with Crippen LogP contribution in [0.4, 0.5) is 21.7 Å². The van der Waals surface area contributed by atoms with Gasteiger partial charge in [-0.05, 0) is 30.2 Å². The van der Waals surface area contributed by atoms with Crippen molar-refractivity contribution < 1.29 is 14.3 Å². The third-order valence-electron chi connectivity index (χ3n) is 5.59. The molecule has 1 unspecified atom stereocenters. The van der Waals surface area contributed by atoms with Crippen LogP contribution in [0.25, 0.3) is 0 Å². The number of benzene rings is 2.